The van der Waals surface area contributed by atoms with Crippen molar-refractivity contribution in [1.29, 1.82) is 0 Å². The van der Waals surface area contributed by atoms with Gasteiger partial charge in [-0.3, -0.25) is 4.79 Å². The lowest BCUT2D eigenvalue weighted by Crippen LogP contribution is -2.17. The third-order valence-corrected chi connectivity index (χ3v) is 4.33. The van der Waals surface area contributed by atoms with Gasteiger partial charge >= 0.3 is 0 Å². The Morgan fingerprint density at radius 3 is 2.55 bits per heavy atom. The maximum atomic E-state index is 12.2. The van der Waals surface area contributed by atoms with E-state index in [4.69, 9.17) is 0 Å². The summed E-state index contributed by atoms with van der Waals surface area (Å²) in [6, 6.07) is 10.2. The van der Waals surface area contributed by atoms with Gasteiger partial charge < -0.3 is 0 Å². The lowest BCUT2D eigenvalue weighted by atomic mass is 9.85. The highest BCUT2D eigenvalue weighted by atomic mass is 16.1. The summed E-state index contributed by atoms with van der Waals surface area (Å²) in [5.41, 5.74) is 2.26. The van der Waals surface area contributed by atoms with Gasteiger partial charge in [0, 0.05) is 12.3 Å². The SMILES string of the molecule is C=CC(/C=C/c1ccccc1)=C\CCC(=O)C1CCCCC1. The molecule has 2 rings (SSSR count). The van der Waals surface area contributed by atoms with E-state index in [-0.39, 0.29) is 0 Å². The molecule has 116 valence electrons. The fraction of sp³-hybridized carbons (Fsp3) is 0.381. The zero-order valence-electron chi connectivity index (χ0n) is 13.3. The Morgan fingerprint density at radius 1 is 1.14 bits per heavy atom. The molecule has 0 heterocycles. The number of benzene rings is 1. The third kappa shape index (κ3) is 5.48. The smallest absolute Gasteiger partial charge is 0.136 e. The molecule has 1 nitrogen and oxygen atoms in total. The van der Waals surface area contributed by atoms with Gasteiger partial charge in [-0.05, 0) is 30.4 Å². The molecule has 0 unspecified atom stereocenters. The van der Waals surface area contributed by atoms with Crippen LogP contribution in [0.15, 0.2) is 60.7 Å². The van der Waals surface area contributed by atoms with E-state index >= 15 is 0 Å². The van der Waals surface area contributed by atoms with E-state index in [1.807, 2.05) is 24.3 Å². The molecule has 1 aliphatic carbocycles. The second kappa shape index (κ2) is 9.19. The highest BCUT2D eigenvalue weighted by Gasteiger charge is 2.19. The summed E-state index contributed by atoms with van der Waals surface area (Å²) >= 11 is 0. The molecule has 0 bridgehead atoms. The minimum atomic E-state index is 0.328. The van der Waals surface area contributed by atoms with Crippen molar-refractivity contribution in [3.63, 3.8) is 0 Å². The van der Waals surface area contributed by atoms with E-state index in [9.17, 15) is 4.79 Å². The van der Waals surface area contributed by atoms with E-state index in [2.05, 4.69) is 36.9 Å². The van der Waals surface area contributed by atoms with Crippen molar-refractivity contribution in [1.82, 2.24) is 0 Å². The molecule has 0 spiro atoms. The minimum absolute atomic E-state index is 0.328. The molecule has 22 heavy (non-hydrogen) atoms. The first-order chi connectivity index (χ1) is 10.8. The minimum Gasteiger partial charge on any atom is -0.299 e. The Hall–Kier alpha value is -1.89. The van der Waals surface area contributed by atoms with Crippen LogP contribution in [0.5, 0.6) is 0 Å². The molecule has 0 aromatic heterocycles. The van der Waals surface area contributed by atoms with Gasteiger partial charge in [-0.25, -0.2) is 0 Å². The quantitative estimate of drug-likeness (QED) is 0.586. The summed E-state index contributed by atoms with van der Waals surface area (Å²) in [7, 11) is 0. The Bertz CT molecular complexity index is 530. The largest absolute Gasteiger partial charge is 0.299 e. The van der Waals surface area contributed by atoms with Crippen LogP contribution in [0.2, 0.25) is 0 Å². The summed E-state index contributed by atoms with van der Waals surface area (Å²) < 4.78 is 0. The maximum absolute atomic E-state index is 12.2. The molecular weight excluding hydrogens is 268 g/mol. The molecule has 1 heteroatoms. The fourth-order valence-corrected chi connectivity index (χ4v) is 2.99. The molecule has 1 fully saturated rings. The van der Waals surface area contributed by atoms with Crippen LogP contribution in [0.1, 0.15) is 50.5 Å². The van der Waals surface area contributed by atoms with Crippen molar-refractivity contribution < 1.29 is 4.79 Å². The zero-order valence-corrected chi connectivity index (χ0v) is 13.3. The van der Waals surface area contributed by atoms with Crippen LogP contribution in [-0.2, 0) is 4.79 Å². The second-order valence-corrected chi connectivity index (χ2v) is 5.99. The number of allylic oxidation sites excluding steroid dienone is 4. The number of rotatable bonds is 7. The van der Waals surface area contributed by atoms with Gasteiger partial charge in [-0.2, -0.15) is 0 Å². The molecule has 1 aliphatic rings. The van der Waals surface area contributed by atoms with E-state index in [0.717, 1.165) is 24.8 Å². The number of Topliss-reactive ketones (excluding diaryl/α,β-unsaturated/α-hetero) is 1. The topological polar surface area (TPSA) is 17.1 Å². The van der Waals surface area contributed by atoms with Crippen LogP contribution in [0, 0.1) is 5.92 Å². The first-order valence-electron chi connectivity index (χ1n) is 8.38. The van der Waals surface area contributed by atoms with Crippen LogP contribution in [0.25, 0.3) is 6.08 Å². The number of hydrogen-bond donors (Lipinski definition) is 0. The summed E-state index contributed by atoms with van der Waals surface area (Å²) in [5, 5.41) is 0. The number of carbonyl (C=O) groups excluding carboxylic acids is 1. The highest BCUT2D eigenvalue weighted by molar-refractivity contribution is 5.81. The summed E-state index contributed by atoms with van der Waals surface area (Å²) in [6.45, 7) is 3.86. The van der Waals surface area contributed by atoms with Crippen LogP contribution >= 0.6 is 0 Å². The molecule has 0 atom stereocenters. The lowest BCUT2D eigenvalue weighted by Gasteiger charge is -2.19. The molecule has 0 radical (unpaired) electrons. The standard InChI is InChI=1S/C21H26O/c1-2-18(16-17-19-10-5-3-6-11-19)12-9-15-21(22)20-13-7-4-8-14-20/h2-3,5-6,10-12,16-17,20H,1,4,7-9,13-15H2/b17-16+,18-12+. The van der Waals surface area contributed by atoms with E-state index in [0.29, 0.717) is 18.1 Å². The van der Waals surface area contributed by atoms with Crippen molar-refractivity contribution in [2.24, 2.45) is 5.92 Å². The fourth-order valence-electron chi connectivity index (χ4n) is 2.99. The van der Waals surface area contributed by atoms with E-state index in [1.54, 1.807) is 0 Å². The molecule has 0 aliphatic heterocycles. The highest BCUT2D eigenvalue weighted by Crippen LogP contribution is 2.25. The first-order valence-corrected chi connectivity index (χ1v) is 8.38. The van der Waals surface area contributed by atoms with E-state index in [1.165, 1.54) is 24.8 Å². The molecule has 0 saturated heterocycles. The van der Waals surface area contributed by atoms with Gasteiger partial charge in [0.25, 0.3) is 0 Å². The van der Waals surface area contributed by atoms with Gasteiger partial charge in [0.05, 0.1) is 0 Å². The van der Waals surface area contributed by atoms with Crippen molar-refractivity contribution in [2.45, 2.75) is 44.9 Å². The lowest BCUT2D eigenvalue weighted by molar-refractivity contribution is -0.123. The van der Waals surface area contributed by atoms with Gasteiger partial charge in [0.15, 0.2) is 0 Å². The molecule has 0 N–H and O–H groups in total. The Balaban J connectivity index is 1.83. The van der Waals surface area contributed by atoms with Crippen molar-refractivity contribution in [3.05, 3.63) is 66.3 Å². The Morgan fingerprint density at radius 2 is 1.86 bits per heavy atom. The predicted octanol–water partition coefficient (Wildman–Crippen LogP) is 5.74. The monoisotopic (exact) mass is 294 g/mol. The van der Waals surface area contributed by atoms with Crippen LogP contribution in [0.4, 0.5) is 0 Å². The average Bonchev–Trinajstić information content (AvgIpc) is 2.59. The molecule has 1 aromatic carbocycles. The van der Waals surface area contributed by atoms with Crippen molar-refractivity contribution in [3.8, 4) is 0 Å². The van der Waals surface area contributed by atoms with Gasteiger partial charge in [-0.15, -0.1) is 0 Å². The second-order valence-electron chi connectivity index (χ2n) is 5.99. The Labute approximate surface area is 134 Å². The van der Waals surface area contributed by atoms with Gasteiger partial charge in [-0.1, -0.05) is 80.5 Å². The first kappa shape index (κ1) is 16.5. The third-order valence-electron chi connectivity index (χ3n) is 4.33. The molecular formula is C21H26O. The number of carbonyl (C=O) groups is 1. The predicted molar refractivity (Wildman–Crippen MR) is 94.6 cm³/mol. The zero-order chi connectivity index (χ0) is 15.6. The molecule has 1 aromatic rings. The van der Waals surface area contributed by atoms with Gasteiger partial charge in [0.2, 0.25) is 0 Å². The summed E-state index contributed by atoms with van der Waals surface area (Å²) in [6.07, 6.45) is 15.6. The number of ketones is 1. The Kier molecular flexibility index (Phi) is 6.89. The van der Waals surface area contributed by atoms with Crippen LogP contribution in [0.3, 0.4) is 0 Å². The van der Waals surface area contributed by atoms with Gasteiger partial charge in [0.1, 0.15) is 5.78 Å². The van der Waals surface area contributed by atoms with E-state index < -0.39 is 0 Å². The van der Waals surface area contributed by atoms with Crippen LogP contribution < -0.4 is 0 Å². The van der Waals surface area contributed by atoms with Crippen molar-refractivity contribution in [2.75, 3.05) is 0 Å². The summed E-state index contributed by atoms with van der Waals surface area (Å²) in [5.74, 6) is 0.778. The number of hydrogen-bond acceptors (Lipinski definition) is 1. The average molecular weight is 294 g/mol. The summed E-state index contributed by atoms with van der Waals surface area (Å²) in [4.78, 5) is 12.2. The normalized spacial score (nSPS) is 16.8. The molecule has 1 saturated carbocycles. The maximum Gasteiger partial charge on any atom is 0.136 e. The van der Waals surface area contributed by atoms with Crippen molar-refractivity contribution >= 4 is 11.9 Å². The van der Waals surface area contributed by atoms with Crippen LogP contribution in [-0.4, -0.2) is 5.78 Å². The molecule has 0 amide bonds.